The van der Waals surface area contributed by atoms with Gasteiger partial charge in [-0.3, -0.25) is 4.68 Å². The molecular formula is C9H16N4O. The quantitative estimate of drug-likeness (QED) is 0.722. The number of aryl methyl sites for hydroxylation is 2. The Morgan fingerprint density at radius 2 is 2.14 bits per heavy atom. The second-order valence-electron chi connectivity index (χ2n) is 3.21. The van der Waals surface area contributed by atoms with Crippen molar-refractivity contribution in [2.45, 2.75) is 20.4 Å². The van der Waals surface area contributed by atoms with Gasteiger partial charge in [0, 0.05) is 31.9 Å². The van der Waals surface area contributed by atoms with Gasteiger partial charge in [0.2, 0.25) is 0 Å². The SMILES string of the molecule is CNC(=O)NCc1c(C)nn(C)c1C. The van der Waals surface area contributed by atoms with E-state index in [1.807, 2.05) is 25.6 Å². The van der Waals surface area contributed by atoms with E-state index in [2.05, 4.69) is 15.7 Å². The third kappa shape index (κ3) is 2.04. The third-order valence-corrected chi connectivity index (χ3v) is 2.31. The number of hydrogen-bond acceptors (Lipinski definition) is 2. The van der Waals surface area contributed by atoms with Crippen LogP contribution in [0.2, 0.25) is 0 Å². The summed E-state index contributed by atoms with van der Waals surface area (Å²) in [4.78, 5) is 11.0. The molecule has 5 nitrogen and oxygen atoms in total. The van der Waals surface area contributed by atoms with Crippen molar-refractivity contribution in [3.8, 4) is 0 Å². The van der Waals surface area contributed by atoms with Crippen LogP contribution in [0.3, 0.4) is 0 Å². The van der Waals surface area contributed by atoms with Crippen molar-refractivity contribution in [2.75, 3.05) is 7.05 Å². The summed E-state index contributed by atoms with van der Waals surface area (Å²) in [6.07, 6.45) is 0. The summed E-state index contributed by atoms with van der Waals surface area (Å²) in [6.45, 7) is 4.44. The largest absolute Gasteiger partial charge is 0.341 e. The van der Waals surface area contributed by atoms with E-state index < -0.39 is 0 Å². The van der Waals surface area contributed by atoms with Crippen LogP contribution in [0, 0.1) is 13.8 Å². The maximum absolute atomic E-state index is 11.0. The maximum atomic E-state index is 11.0. The summed E-state index contributed by atoms with van der Waals surface area (Å²) >= 11 is 0. The molecule has 1 aromatic rings. The maximum Gasteiger partial charge on any atom is 0.314 e. The number of carbonyl (C=O) groups excluding carboxylic acids is 1. The first kappa shape index (κ1) is 10.6. The summed E-state index contributed by atoms with van der Waals surface area (Å²) in [7, 11) is 3.49. The lowest BCUT2D eigenvalue weighted by Crippen LogP contribution is -2.32. The minimum absolute atomic E-state index is 0.173. The first-order chi connectivity index (χ1) is 6.56. The van der Waals surface area contributed by atoms with Crippen LogP contribution in [0.4, 0.5) is 4.79 Å². The van der Waals surface area contributed by atoms with Crippen molar-refractivity contribution < 1.29 is 4.79 Å². The van der Waals surface area contributed by atoms with Crippen LogP contribution in [0.5, 0.6) is 0 Å². The molecule has 5 heteroatoms. The van der Waals surface area contributed by atoms with E-state index in [1.165, 1.54) is 0 Å². The zero-order valence-electron chi connectivity index (χ0n) is 9.01. The molecule has 0 aliphatic heterocycles. The highest BCUT2D eigenvalue weighted by molar-refractivity contribution is 5.73. The number of hydrogen-bond donors (Lipinski definition) is 2. The molecule has 0 aliphatic rings. The molecule has 1 heterocycles. The average molecular weight is 196 g/mol. The van der Waals surface area contributed by atoms with E-state index in [9.17, 15) is 4.79 Å². The van der Waals surface area contributed by atoms with Crippen molar-refractivity contribution in [3.63, 3.8) is 0 Å². The molecule has 0 saturated carbocycles. The van der Waals surface area contributed by atoms with E-state index in [1.54, 1.807) is 7.05 Å². The fourth-order valence-corrected chi connectivity index (χ4v) is 1.33. The molecule has 0 unspecified atom stereocenters. The Balaban J connectivity index is 2.71. The van der Waals surface area contributed by atoms with Crippen molar-refractivity contribution in [1.29, 1.82) is 0 Å². The molecule has 0 bridgehead atoms. The molecule has 2 N–H and O–H groups in total. The van der Waals surface area contributed by atoms with Gasteiger partial charge in [0.05, 0.1) is 5.69 Å². The molecule has 0 atom stereocenters. The van der Waals surface area contributed by atoms with Gasteiger partial charge in [0.15, 0.2) is 0 Å². The monoisotopic (exact) mass is 196 g/mol. The van der Waals surface area contributed by atoms with Crippen LogP contribution in [-0.2, 0) is 13.6 Å². The summed E-state index contributed by atoms with van der Waals surface area (Å²) < 4.78 is 1.82. The van der Waals surface area contributed by atoms with Crippen molar-refractivity contribution >= 4 is 6.03 Å². The highest BCUT2D eigenvalue weighted by atomic mass is 16.2. The molecule has 1 aromatic heterocycles. The Kier molecular flexibility index (Phi) is 3.11. The number of urea groups is 1. The van der Waals surface area contributed by atoms with Crippen LogP contribution in [-0.4, -0.2) is 22.9 Å². The van der Waals surface area contributed by atoms with Crippen LogP contribution in [0.25, 0.3) is 0 Å². The van der Waals surface area contributed by atoms with Crippen molar-refractivity contribution in [3.05, 3.63) is 17.0 Å². The predicted octanol–water partition coefficient (Wildman–Crippen LogP) is 0.466. The molecule has 1 rings (SSSR count). The van der Waals surface area contributed by atoms with Crippen LogP contribution < -0.4 is 10.6 Å². The normalized spacial score (nSPS) is 10.0. The van der Waals surface area contributed by atoms with Gasteiger partial charge in [-0.2, -0.15) is 5.10 Å². The number of aromatic nitrogens is 2. The van der Waals surface area contributed by atoms with Gasteiger partial charge in [-0.25, -0.2) is 4.79 Å². The van der Waals surface area contributed by atoms with Gasteiger partial charge >= 0.3 is 6.03 Å². The average Bonchev–Trinajstić information content (AvgIpc) is 2.39. The van der Waals surface area contributed by atoms with Crippen LogP contribution in [0.15, 0.2) is 0 Å². The standard InChI is InChI=1S/C9H16N4O/c1-6-8(5-11-9(14)10-3)7(2)13(4)12-6/h5H2,1-4H3,(H2,10,11,14). The Bertz CT molecular complexity index is 343. The second kappa shape index (κ2) is 4.13. The van der Waals surface area contributed by atoms with Crippen molar-refractivity contribution in [1.82, 2.24) is 20.4 Å². The summed E-state index contributed by atoms with van der Waals surface area (Å²) in [5.74, 6) is 0. The predicted molar refractivity (Wildman–Crippen MR) is 54.0 cm³/mol. The second-order valence-corrected chi connectivity index (χ2v) is 3.21. The minimum atomic E-state index is -0.173. The molecular weight excluding hydrogens is 180 g/mol. The van der Waals surface area contributed by atoms with Gasteiger partial charge in [0.1, 0.15) is 0 Å². The summed E-state index contributed by atoms with van der Waals surface area (Å²) in [5, 5.41) is 9.50. The van der Waals surface area contributed by atoms with Crippen LogP contribution in [0.1, 0.15) is 17.0 Å². The van der Waals surface area contributed by atoms with Crippen molar-refractivity contribution in [2.24, 2.45) is 7.05 Å². The zero-order valence-corrected chi connectivity index (χ0v) is 9.01. The number of nitrogens with one attached hydrogen (secondary N) is 2. The lowest BCUT2D eigenvalue weighted by Gasteiger charge is -2.04. The van der Waals surface area contributed by atoms with Gasteiger partial charge in [0.25, 0.3) is 0 Å². The Morgan fingerprint density at radius 3 is 2.57 bits per heavy atom. The molecule has 0 aromatic carbocycles. The number of amides is 2. The molecule has 0 aliphatic carbocycles. The topological polar surface area (TPSA) is 59.0 Å². The highest BCUT2D eigenvalue weighted by Gasteiger charge is 2.09. The fourth-order valence-electron chi connectivity index (χ4n) is 1.33. The molecule has 2 amide bonds. The third-order valence-electron chi connectivity index (χ3n) is 2.31. The van der Waals surface area contributed by atoms with E-state index in [-0.39, 0.29) is 6.03 Å². The number of carbonyl (C=O) groups is 1. The Morgan fingerprint density at radius 1 is 1.50 bits per heavy atom. The van der Waals surface area contributed by atoms with E-state index in [0.29, 0.717) is 6.54 Å². The molecule has 0 spiro atoms. The Labute approximate surface area is 83.5 Å². The molecule has 14 heavy (non-hydrogen) atoms. The first-order valence-corrected chi connectivity index (χ1v) is 4.51. The van der Waals surface area contributed by atoms with Gasteiger partial charge in [-0.15, -0.1) is 0 Å². The van der Waals surface area contributed by atoms with Crippen LogP contribution >= 0.6 is 0 Å². The lowest BCUT2D eigenvalue weighted by atomic mass is 10.2. The summed E-state index contributed by atoms with van der Waals surface area (Å²) in [6, 6.07) is -0.173. The molecule has 0 fully saturated rings. The summed E-state index contributed by atoms with van der Waals surface area (Å²) in [5.41, 5.74) is 3.12. The zero-order chi connectivity index (χ0) is 10.7. The molecule has 0 saturated heterocycles. The number of nitrogens with zero attached hydrogens (tertiary/aromatic N) is 2. The van der Waals surface area contributed by atoms with Gasteiger partial charge < -0.3 is 10.6 Å². The molecule has 78 valence electrons. The lowest BCUT2D eigenvalue weighted by molar-refractivity contribution is 0.242. The smallest absolute Gasteiger partial charge is 0.314 e. The fraction of sp³-hybridized carbons (Fsp3) is 0.556. The number of rotatable bonds is 2. The highest BCUT2D eigenvalue weighted by Crippen LogP contribution is 2.10. The Hall–Kier alpha value is -1.52. The van der Waals surface area contributed by atoms with Gasteiger partial charge in [-0.05, 0) is 13.8 Å². The van der Waals surface area contributed by atoms with E-state index >= 15 is 0 Å². The molecule has 0 radical (unpaired) electrons. The van der Waals surface area contributed by atoms with Gasteiger partial charge in [-0.1, -0.05) is 0 Å². The minimum Gasteiger partial charge on any atom is -0.341 e. The van der Waals surface area contributed by atoms with E-state index in [0.717, 1.165) is 17.0 Å². The first-order valence-electron chi connectivity index (χ1n) is 4.51. The van der Waals surface area contributed by atoms with E-state index in [4.69, 9.17) is 0 Å².